The lowest BCUT2D eigenvalue weighted by Crippen LogP contribution is -2.22. The second-order valence-electron chi connectivity index (χ2n) is 4.46. The van der Waals surface area contributed by atoms with Gasteiger partial charge in [0.2, 0.25) is 0 Å². The second-order valence-corrected chi connectivity index (χ2v) is 4.46. The second kappa shape index (κ2) is 3.48. The smallest absolute Gasteiger partial charge is 0.325 e. The third-order valence-electron chi connectivity index (χ3n) is 3.42. The summed E-state index contributed by atoms with van der Waals surface area (Å²) in [6, 6.07) is 5.34. The van der Waals surface area contributed by atoms with Gasteiger partial charge >= 0.3 is 6.18 Å². The van der Waals surface area contributed by atoms with Crippen molar-refractivity contribution < 1.29 is 13.2 Å². The zero-order valence-electron chi connectivity index (χ0n) is 9.01. The molecule has 0 amide bonds. The van der Waals surface area contributed by atoms with Crippen LogP contribution in [0, 0.1) is 0 Å². The molecule has 16 heavy (non-hydrogen) atoms. The first-order valence-corrected chi connectivity index (χ1v) is 5.33. The van der Waals surface area contributed by atoms with E-state index >= 15 is 0 Å². The molecule has 2 N–H and O–H groups in total. The topological polar surface area (TPSA) is 26.0 Å². The van der Waals surface area contributed by atoms with E-state index in [4.69, 9.17) is 5.73 Å². The molecule has 1 fully saturated rings. The lowest BCUT2D eigenvalue weighted by atomic mass is 10.0. The molecule has 4 heteroatoms. The minimum absolute atomic E-state index is 0.195. The van der Waals surface area contributed by atoms with Crippen molar-refractivity contribution in [2.75, 3.05) is 0 Å². The predicted molar refractivity (Wildman–Crippen MR) is 56.0 cm³/mol. The van der Waals surface area contributed by atoms with Crippen LogP contribution in [0.1, 0.15) is 36.8 Å². The number of alkyl halides is 3. The van der Waals surface area contributed by atoms with Crippen LogP contribution in [0.5, 0.6) is 0 Å². The highest BCUT2D eigenvalue weighted by Crippen LogP contribution is 2.51. The molecule has 2 unspecified atom stereocenters. The Kier molecular flexibility index (Phi) is 2.49. The Bertz CT molecular complexity index is 382. The fraction of sp³-hybridized carbons (Fsp3) is 0.500. The first-order valence-electron chi connectivity index (χ1n) is 5.33. The van der Waals surface area contributed by atoms with Gasteiger partial charge in [0.1, 0.15) is 0 Å². The van der Waals surface area contributed by atoms with Crippen molar-refractivity contribution in [3.8, 4) is 0 Å². The minimum Gasteiger partial charge on any atom is -0.325 e. The molecule has 1 aromatic carbocycles. The van der Waals surface area contributed by atoms with E-state index in [2.05, 4.69) is 0 Å². The number of nitrogens with two attached hydrogens (primary N) is 1. The molecule has 1 aliphatic rings. The average molecular weight is 229 g/mol. The largest absolute Gasteiger partial charge is 0.416 e. The fourth-order valence-corrected chi connectivity index (χ4v) is 2.07. The molecule has 0 aliphatic heterocycles. The molecular weight excluding hydrogens is 215 g/mol. The number of rotatable bonds is 2. The van der Waals surface area contributed by atoms with Crippen LogP contribution in [0.4, 0.5) is 13.2 Å². The van der Waals surface area contributed by atoms with Gasteiger partial charge in [-0.25, -0.2) is 0 Å². The van der Waals surface area contributed by atoms with Crippen LogP contribution >= 0.6 is 0 Å². The molecule has 0 spiro atoms. The van der Waals surface area contributed by atoms with E-state index in [0.29, 0.717) is 0 Å². The van der Waals surface area contributed by atoms with Crippen LogP contribution in [0.2, 0.25) is 0 Å². The Morgan fingerprint density at radius 3 is 2.25 bits per heavy atom. The van der Waals surface area contributed by atoms with Crippen molar-refractivity contribution in [2.45, 2.75) is 37.4 Å². The van der Waals surface area contributed by atoms with Gasteiger partial charge in [0.25, 0.3) is 0 Å². The Morgan fingerprint density at radius 1 is 1.31 bits per heavy atom. The van der Waals surface area contributed by atoms with Gasteiger partial charge in [-0.15, -0.1) is 0 Å². The standard InChI is InChI=1S/C12H14F3N/c1-2-11(16)7-10(11)8-3-5-9(6-4-8)12(13,14)15/h3-6,10H,2,7,16H2,1H3. The molecule has 2 rings (SSSR count). The molecule has 1 aliphatic carbocycles. The highest BCUT2D eigenvalue weighted by atomic mass is 19.4. The number of benzene rings is 1. The van der Waals surface area contributed by atoms with E-state index in [1.54, 1.807) is 0 Å². The van der Waals surface area contributed by atoms with Crippen LogP contribution in [-0.4, -0.2) is 5.54 Å². The average Bonchev–Trinajstić information content (AvgIpc) is 2.91. The predicted octanol–water partition coefficient (Wildman–Crippen LogP) is 3.30. The first-order chi connectivity index (χ1) is 7.37. The van der Waals surface area contributed by atoms with Crippen LogP contribution in [0.3, 0.4) is 0 Å². The summed E-state index contributed by atoms with van der Waals surface area (Å²) in [6.07, 6.45) is -2.53. The van der Waals surface area contributed by atoms with Gasteiger partial charge in [-0.3, -0.25) is 0 Å². The van der Waals surface area contributed by atoms with Gasteiger partial charge < -0.3 is 5.73 Å². The maximum absolute atomic E-state index is 12.3. The Morgan fingerprint density at radius 2 is 1.88 bits per heavy atom. The summed E-state index contributed by atoms with van der Waals surface area (Å²) >= 11 is 0. The Labute approximate surface area is 92.5 Å². The zero-order valence-corrected chi connectivity index (χ0v) is 9.01. The van der Waals surface area contributed by atoms with E-state index in [1.165, 1.54) is 12.1 Å². The molecule has 1 nitrogen and oxygen atoms in total. The summed E-state index contributed by atoms with van der Waals surface area (Å²) in [5, 5.41) is 0. The highest BCUT2D eigenvalue weighted by Gasteiger charge is 2.50. The molecular formula is C12H14F3N. The Hall–Kier alpha value is -1.03. The summed E-state index contributed by atoms with van der Waals surface area (Å²) in [5.41, 5.74) is 6.14. The minimum atomic E-state index is -4.26. The quantitative estimate of drug-likeness (QED) is 0.827. The van der Waals surface area contributed by atoms with Crippen molar-refractivity contribution in [1.82, 2.24) is 0 Å². The van der Waals surface area contributed by atoms with Gasteiger partial charge in [0.15, 0.2) is 0 Å². The van der Waals surface area contributed by atoms with Gasteiger partial charge in [-0.1, -0.05) is 19.1 Å². The molecule has 0 bridgehead atoms. The number of hydrogen-bond donors (Lipinski definition) is 1. The van der Waals surface area contributed by atoms with Gasteiger partial charge in [0.05, 0.1) is 5.56 Å². The van der Waals surface area contributed by atoms with Crippen molar-refractivity contribution in [2.24, 2.45) is 5.73 Å². The SMILES string of the molecule is CCC1(N)CC1c1ccc(C(F)(F)F)cc1. The van der Waals surface area contributed by atoms with Gasteiger partial charge in [-0.2, -0.15) is 13.2 Å². The van der Waals surface area contributed by atoms with E-state index in [0.717, 1.165) is 30.5 Å². The van der Waals surface area contributed by atoms with Crippen LogP contribution in [0.15, 0.2) is 24.3 Å². The fourth-order valence-electron chi connectivity index (χ4n) is 2.07. The monoisotopic (exact) mass is 229 g/mol. The van der Waals surface area contributed by atoms with Crippen molar-refractivity contribution in [3.05, 3.63) is 35.4 Å². The molecule has 88 valence electrons. The van der Waals surface area contributed by atoms with E-state index in [-0.39, 0.29) is 11.5 Å². The summed E-state index contributed by atoms with van der Waals surface area (Å²) in [7, 11) is 0. The van der Waals surface area contributed by atoms with E-state index in [1.807, 2.05) is 6.92 Å². The third-order valence-corrected chi connectivity index (χ3v) is 3.42. The number of hydrogen-bond acceptors (Lipinski definition) is 1. The molecule has 1 saturated carbocycles. The molecule has 0 aromatic heterocycles. The summed E-state index contributed by atoms with van der Waals surface area (Å²) < 4.78 is 37.0. The lowest BCUT2D eigenvalue weighted by Gasteiger charge is -2.10. The molecule has 0 saturated heterocycles. The molecule has 1 aromatic rings. The highest BCUT2D eigenvalue weighted by molar-refractivity contribution is 5.35. The van der Waals surface area contributed by atoms with Crippen molar-refractivity contribution in [3.63, 3.8) is 0 Å². The van der Waals surface area contributed by atoms with Crippen LogP contribution in [0.25, 0.3) is 0 Å². The van der Waals surface area contributed by atoms with Crippen LogP contribution in [-0.2, 0) is 6.18 Å². The van der Waals surface area contributed by atoms with Gasteiger partial charge in [0, 0.05) is 11.5 Å². The summed E-state index contributed by atoms with van der Waals surface area (Å²) in [5.74, 6) is 0.222. The van der Waals surface area contributed by atoms with Crippen molar-refractivity contribution >= 4 is 0 Å². The van der Waals surface area contributed by atoms with Crippen LogP contribution < -0.4 is 5.73 Å². The summed E-state index contributed by atoms with van der Waals surface area (Å²) in [6.45, 7) is 2.00. The van der Waals surface area contributed by atoms with E-state index in [9.17, 15) is 13.2 Å². The maximum Gasteiger partial charge on any atom is 0.416 e. The first kappa shape index (κ1) is 11.5. The molecule has 2 atom stereocenters. The number of halogens is 3. The van der Waals surface area contributed by atoms with E-state index < -0.39 is 11.7 Å². The van der Waals surface area contributed by atoms with Crippen molar-refractivity contribution in [1.29, 1.82) is 0 Å². The molecule has 0 heterocycles. The maximum atomic E-state index is 12.3. The zero-order chi connectivity index (χ0) is 12.0. The lowest BCUT2D eigenvalue weighted by molar-refractivity contribution is -0.137. The van der Waals surface area contributed by atoms with Gasteiger partial charge in [-0.05, 0) is 30.5 Å². The molecule has 0 radical (unpaired) electrons. The Balaban J connectivity index is 2.16. The normalized spacial score (nSPS) is 29.2. The third kappa shape index (κ3) is 1.94. The summed E-state index contributed by atoms with van der Waals surface area (Å²) in [4.78, 5) is 0.